The normalized spacial score (nSPS) is 19.5. The highest BCUT2D eigenvalue weighted by Crippen LogP contribution is 2.26. The molecule has 0 spiro atoms. The first kappa shape index (κ1) is 12.9. The van der Waals surface area contributed by atoms with Gasteiger partial charge in [0.25, 0.3) is 0 Å². The molecular formula is C13H14Cl2O2. The Bertz CT molecular complexity index is 392. The highest BCUT2D eigenvalue weighted by molar-refractivity contribution is 6.36. The van der Waals surface area contributed by atoms with E-state index in [1.54, 1.807) is 18.2 Å². The van der Waals surface area contributed by atoms with Crippen molar-refractivity contribution in [3.63, 3.8) is 0 Å². The van der Waals surface area contributed by atoms with E-state index in [2.05, 4.69) is 0 Å². The molecular weight excluding hydrogens is 259 g/mol. The van der Waals surface area contributed by atoms with Gasteiger partial charge in [-0.05, 0) is 30.0 Å². The summed E-state index contributed by atoms with van der Waals surface area (Å²) in [6, 6.07) is 5.30. The number of Topliss-reactive ketones (excluding diaryl/α,β-unsaturated/α-hetero) is 1. The molecule has 1 aliphatic rings. The zero-order valence-electron chi connectivity index (χ0n) is 9.42. The van der Waals surface area contributed by atoms with E-state index < -0.39 is 0 Å². The fourth-order valence-corrected chi connectivity index (χ4v) is 2.57. The highest BCUT2D eigenvalue weighted by atomic mass is 35.5. The molecule has 0 N–H and O–H groups in total. The summed E-state index contributed by atoms with van der Waals surface area (Å²) in [5, 5.41) is 1.13. The van der Waals surface area contributed by atoms with Gasteiger partial charge in [0.2, 0.25) is 0 Å². The molecule has 2 nitrogen and oxygen atoms in total. The van der Waals surface area contributed by atoms with Gasteiger partial charge in [-0.1, -0.05) is 29.3 Å². The number of hydrogen-bond acceptors (Lipinski definition) is 2. The molecule has 1 saturated heterocycles. The molecule has 1 aromatic rings. The summed E-state index contributed by atoms with van der Waals surface area (Å²) in [6.07, 6.45) is 1.85. The van der Waals surface area contributed by atoms with Gasteiger partial charge < -0.3 is 4.74 Å². The maximum atomic E-state index is 11.9. The predicted octanol–water partition coefficient (Wildman–Crippen LogP) is 3.53. The molecule has 2 rings (SSSR count). The molecule has 0 saturated carbocycles. The standard InChI is InChI=1S/C13H14Cl2O2/c14-12-2-1-3-13(15)11(12)7-10(16)6-9-4-5-17-8-9/h1-3,9H,4-8H2. The van der Waals surface area contributed by atoms with Crippen LogP contribution in [-0.4, -0.2) is 19.0 Å². The third-order valence-corrected chi connectivity index (χ3v) is 3.68. The van der Waals surface area contributed by atoms with E-state index in [0.717, 1.165) is 18.6 Å². The zero-order valence-corrected chi connectivity index (χ0v) is 10.9. The molecule has 1 unspecified atom stereocenters. The van der Waals surface area contributed by atoms with Crippen LogP contribution in [0.25, 0.3) is 0 Å². The Morgan fingerprint density at radius 3 is 2.65 bits per heavy atom. The van der Waals surface area contributed by atoms with Gasteiger partial charge >= 0.3 is 0 Å². The fraction of sp³-hybridized carbons (Fsp3) is 0.462. The molecule has 0 aliphatic carbocycles. The van der Waals surface area contributed by atoms with Crippen molar-refractivity contribution < 1.29 is 9.53 Å². The second kappa shape index (κ2) is 5.85. The van der Waals surface area contributed by atoms with Crippen LogP contribution < -0.4 is 0 Å². The van der Waals surface area contributed by atoms with Crippen LogP contribution in [0.4, 0.5) is 0 Å². The van der Waals surface area contributed by atoms with Crippen molar-refractivity contribution in [1.82, 2.24) is 0 Å². The minimum Gasteiger partial charge on any atom is -0.381 e. The highest BCUT2D eigenvalue weighted by Gasteiger charge is 2.20. The van der Waals surface area contributed by atoms with E-state index in [1.165, 1.54) is 0 Å². The Morgan fingerprint density at radius 2 is 2.06 bits per heavy atom. The van der Waals surface area contributed by atoms with E-state index in [4.69, 9.17) is 27.9 Å². The summed E-state index contributed by atoms with van der Waals surface area (Å²) in [5.74, 6) is 0.541. The van der Waals surface area contributed by atoms with Gasteiger partial charge in [-0.25, -0.2) is 0 Å². The summed E-state index contributed by atoms with van der Waals surface area (Å²) in [6.45, 7) is 1.47. The summed E-state index contributed by atoms with van der Waals surface area (Å²) < 4.78 is 5.25. The first-order valence-corrected chi connectivity index (χ1v) is 6.44. The number of hydrogen-bond donors (Lipinski definition) is 0. The first-order chi connectivity index (χ1) is 8.16. The first-order valence-electron chi connectivity index (χ1n) is 5.69. The van der Waals surface area contributed by atoms with E-state index in [9.17, 15) is 4.79 Å². The summed E-state index contributed by atoms with van der Waals surface area (Å²) >= 11 is 12.1. The van der Waals surface area contributed by atoms with E-state index in [0.29, 0.717) is 35.4 Å². The second-order valence-electron chi connectivity index (χ2n) is 4.35. The van der Waals surface area contributed by atoms with E-state index in [1.807, 2.05) is 0 Å². The number of carbonyl (C=O) groups excluding carboxylic acids is 1. The minimum absolute atomic E-state index is 0.176. The molecule has 1 aromatic carbocycles. The van der Waals surface area contributed by atoms with Crippen molar-refractivity contribution >= 4 is 29.0 Å². The smallest absolute Gasteiger partial charge is 0.137 e. The van der Waals surface area contributed by atoms with Crippen molar-refractivity contribution in [2.45, 2.75) is 19.3 Å². The van der Waals surface area contributed by atoms with Crippen LogP contribution in [0.15, 0.2) is 18.2 Å². The minimum atomic E-state index is 0.176. The van der Waals surface area contributed by atoms with Gasteiger partial charge in [-0.2, -0.15) is 0 Å². The molecule has 0 bridgehead atoms. The SMILES string of the molecule is O=C(Cc1c(Cl)cccc1Cl)CC1CCOC1. The maximum Gasteiger partial charge on any atom is 0.137 e. The largest absolute Gasteiger partial charge is 0.381 e. The number of halogens is 2. The lowest BCUT2D eigenvalue weighted by Crippen LogP contribution is -2.11. The van der Waals surface area contributed by atoms with Gasteiger partial charge in [0.05, 0.1) is 0 Å². The Labute approximate surface area is 111 Å². The van der Waals surface area contributed by atoms with Crippen molar-refractivity contribution in [2.75, 3.05) is 13.2 Å². The Hall–Kier alpha value is -0.570. The number of rotatable bonds is 4. The zero-order chi connectivity index (χ0) is 12.3. The molecule has 1 heterocycles. The second-order valence-corrected chi connectivity index (χ2v) is 5.16. The van der Waals surface area contributed by atoms with Crippen LogP contribution in [0.3, 0.4) is 0 Å². The lowest BCUT2D eigenvalue weighted by Gasteiger charge is -2.08. The van der Waals surface area contributed by atoms with Gasteiger partial charge in [0, 0.05) is 36.1 Å². The van der Waals surface area contributed by atoms with Crippen molar-refractivity contribution in [1.29, 1.82) is 0 Å². The third-order valence-electron chi connectivity index (χ3n) is 2.98. The van der Waals surface area contributed by atoms with Gasteiger partial charge in [-0.3, -0.25) is 4.79 Å². The molecule has 0 aromatic heterocycles. The predicted molar refractivity (Wildman–Crippen MR) is 68.7 cm³/mol. The topological polar surface area (TPSA) is 26.3 Å². The molecule has 0 amide bonds. The summed E-state index contributed by atoms with van der Waals surface area (Å²) in [4.78, 5) is 11.9. The Balaban J connectivity index is 1.97. The number of carbonyl (C=O) groups is 1. The molecule has 0 radical (unpaired) electrons. The summed E-state index contributed by atoms with van der Waals surface area (Å²) in [7, 11) is 0. The number of benzene rings is 1. The Kier molecular flexibility index (Phi) is 4.43. The molecule has 1 fully saturated rings. The number of ether oxygens (including phenoxy) is 1. The quantitative estimate of drug-likeness (QED) is 0.838. The third kappa shape index (κ3) is 3.44. The lowest BCUT2D eigenvalue weighted by molar-refractivity contribution is -0.119. The Morgan fingerprint density at radius 1 is 1.35 bits per heavy atom. The van der Waals surface area contributed by atoms with E-state index >= 15 is 0 Å². The van der Waals surface area contributed by atoms with Gasteiger partial charge in [0.15, 0.2) is 0 Å². The van der Waals surface area contributed by atoms with Crippen LogP contribution in [-0.2, 0) is 16.0 Å². The van der Waals surface area contributed by atoms with Crippen molar-refractivity contribution in [2.24, 2.45) is 5.92 Å². The van der Waals surface area contributed by atoms with Crippen molar-refractivity contribution in [3.8, 4) is 0 Å². The molecule has 1 atom stereocenters. The van der Waals surface area contributed by atoms with E-state index in [-0.39, 0.29) is 5.78 Å². The molecule has 1 aliphatic heterocycles. The van der Waals surface area contributed by atoms with Crippen LogP contribution in [0, 0.1) is 5.92 Å². The average Bonchev–Trinajstić information content (AvgIpc) is 2.76. The maximum absolute atomic E-state index is 11.9. The lowest BCUT2D eigenvalue weighted by atomic mass is 9.98. The average molecular weight is 273 g/mol. The molecule has 4 heteroatoms. The van der Waals surface area contributed by atoms with Crippen molar-refractivity contribution in [3.05, 3.63) is 33.8 Å². The molecule has 17 heavy (non-hydrogen) atoms. The van der Waals surface area contributed by atoms with Crippen LogP contribution in [0.5, 0.6) is 0 Å². The molecule has 92 valence electrons. The number of ketones is 1. The fourth-order valence-electron chi connectivity index (χ4n) is 2.04. The van der Waals surface area contributed by atoms with Crippen LogP contribution in [0.1, 0.15) is 18.4 Å². The summed E-state index contributed by atoms with van der Waals surface area (Å²) in [5.41, 5.74) is 0.736. The van der Waals surface area contributed by atoms with Gasteiger partial charge in [0.1, 0.15) is 5.78 Å². The monoisotopic (exact) mass is 272 g/mol. The van der Waals surface area contributed by atoms with Crippen LogP contribution in [0.2, 0.25) is 10.0 Å². The van der Waals surface area contributed by atoms with Crippen LogP contribution >= 0.6 is 23.2 Å². The van der Waals surface area contributed by atoms with Gasteiger partial charge in [-0.15, -0.1) is 0 Å².